The summed E-state index contributed by atoms with van der Waals surface area (Å²) >= 11 is 1.55. The highest BCUT2D eigenvalue weighted by atomic mass is 32.2. The molecule has 2 amide bonds. The molecule has 0 fully saturated rings. The average Bonchev–Trinajstić information content (AvgIpc) is 3.25. The molecule has 1 N–H and O–H groups in total. The zero-order valence-corrected chi connectivity index (χ0v) is 18.1. The summed E-state index contributed by atoms with van der Waals surface area (Å²) in [6, 6.07) is 20.5. The third-order valence-electron chi connectivity index (χ3n) is 5.10. The predicted octanol–water partition coefficient (Wildman–Crippen LogP) is 5.10. The lowest BCUT2D eigenvalue weighted by molar-refractivity contribution is -0.114. The molecule has 158 valence electrons. The Morgan fingerprint density at radius 3 is 2.53 bits per heavy atom. The Kier molecular flexibility index (Phi) is 4.99. The molecule has 1 aliphatic rings. The largest absolute Gasteiger partial charge is 0.334 e. The molecule has 0 atom stereocenters. The van der Waals surface area contributed by atoms with E-state index in [-0.39, 0.29) is 11.8 Å². The summed E-state index contributed by atoms with van der Waals surface area (Å²) in [4.78, 5) is 32.1. The summed E-state index contributed by atoms with van der Waals surface area (Å²) < 4.78 is 5.47. The van der Waals surface area contributed by atoms with Gasteiger partial charge in [-0.1, -0.05) is 29.1 Å². The number of rotatable bonds is 3. The van der Waals surface area contributed by atoms with Crippen LogP contribution in [0, 0.1) is 0 Å². The van der Waals surface area contributed by atoms with Gasteiger partial charge in [0, 0.05) is 40.6 Å². The topological polar surface area (TPSA) is 88.3 Å². The van der Waals surface area contributed by atoms with E-state index in [4.69, 9.17) is 4.52 Å². The lowest BCUT2D eigenvalue weighted by Gasteiger charge is -2.17. The highest BCUT2D eigenvalue weighted by Crippen LogP contribution is 2.42. The first-order valence-electron chi connectivity index (χ1n) is 9.91. The van der Waals surface area contributed by atoms with E-state index in [1.807, 2.05) is 54.6 Å². The zero-order valence-electron chi connectivity index (χ0n) is 17.3. The summed E-state index contributed by atoms with van der Waals surface area (Å²) in [6.07, 6.45) is 0. The van der Waals surface area contributed by atoms with E-state index >= 15 is 0 Å². The van der Waals surface area contributed by atoms with Gasteiger partial charge in [-0.2, -0.15) is 4.98 Å². The highest BCUT2D eigenvalue weighted by molar-refractivity contribution is 7.99. The molecule has 32 heavy (non-hydrogen) atoms. The standard InChI is InChI=1S/C24H18N4O3S/c1-14(29)25-17-10-7-15(8-11-17)23-26-22(27-31-23)16-9-12-19-21(13-16)32-20-6-4-3-5-18(20)24(30)28(19)2/h3-13H,1-2H3,(H,25,29). The summed E-state index contributed by atoms with van der Waals surface area (Å²) in [6.45, 7) is 1.46. The zero-order chi connectivity index (χ0) is 22.2. The van der Waals surface area contributed by atoms with Crippen LogP contribution >= 0.6 is 11.8 Å². The number of carbonyl (C=O) groups is 2. The Hall–Kier alpha value is -3.91. The van der Waals surface area contributed by atoms with Crippen molar-refractivity contribution < 1.29 is 14.1 Å². The number of nitrogens with one attached hydrogen (secondary N) is 1. The Bertz CT molecular complexity index is 1350. The number of hydrogen-bond donors (Lipinski definition) is 1. The van der Waals surface area contributed by atoms with Crippen LogP contribution in [0.2, 0.25) is 0 Å². The average molecular weight is 443 g/mol. The molecule has 5 rings (SSSR count). The quantitative estimate of drug-likeness (QED) is 0.475. The summed E-state index contributed by atoms with van der Waals surface area (Å²) in [5.41, 5.74) is 3.75. The van der Waals surface area contributed by atoms with Crippen molar-refractivity contribution in [3.05, 3.63) is 72.3 Å². The molecule has 0 bridgehead atoms. The molecule has 0 aliphatic carbocycles. The first-order valence-corrected chi connectivity index (χ1v) is 10.7. The van der Waals surface area contributed by atoms with Gasteiger partial charge in [-0.3, -0.25) is 9.59 Å². The first kappa shape index (κ1) is 20.0. The van der Waals surface area contributed by atoms with Crippen LogP contribution < -0.4 is 10.2 Å². The fourth-order valence-corrected chi connectivity index (χ4v) is 4.65. The molecule has 4 aromatic rings. The van der Waals surface area contributed by atoms with Crippen molar-refractivity contribution in [2.75, 3.05) is 17.3 Å². The van der Waals surface area contributed by atoms with E-state index < -0.39 is 0 Å². The van der Waals surface area contributed by atoms with Gasteiger partial charge in [0.25, 0.3) is 11.8 Å². The Morgan fingerprint density at radius 1 is 1.00 bits per heavy atom. The lowest BCUT2D eigenvalue weighted by Crippen LogP contribution is -2.25. The second kappa shape index (κ2) is 7.97. The van der Waals surface area contributed by atoms with Gasteiger partial charge >= 0.3 is 0 Å². The molecule has 0 radical (unpaired) electrons. The molecule has 7 nitrogen and oxygen atoms in total. The number of nitrogens with zero attached hydrogens (tertiary/aromatic N) is 3. The van der Waals surface area contributed by atoms with Gasteiger partial charge < -0.3 is 14.7 Å². The Morgan fingerprint density at radius 2 is 1.75 bits per heavy atom. The maximum atomic E-state index is 12.8. The van der Waals surface area contributed by atoms with E-state index in [0.29, 0.717) is 23.0 Å². The summed E-state index contributed by atoms with van der Waals surface area (Å²) in [7, 11) is 1.78. The van der Waals surface area contributed by atoms with Crippen LogP contribution in [-0.4, -0.2) is 29.0 Å². The van der Waals surface area contributed by atoms with E-state index in [1.165, 1.54) is 6.92 Å². The number of anilines is 2. The summed E-state index contributed by atoms with van der Waals surface area (Å²) in [5.74, 6) is 0.675. The normalized spacial score (nSPS) is 12.7. The number of aromatic nitrogens is 2. The van der Waals surface area contributed by atoms with Crippen LogP contribution in [0.4, 0.5) is 11.4 Å². The minimum atomic E-state index is -0.131. The predicted molar refractivity (Wildman–Crippen MR) is 123 cm³/mol. The van der Waals surface area contributed by atoms with Gasteiger partial charge in [0.15, 0.2) is 0 Å². The van der Waals surface area contributed by atoms with Gasteiger partial charge in [-0.25, -0.2) is 0 Å². The minimum Gasteiger partial charge on any atom is -0.334 e. The smallest absolute Gasteiger partial charge is 0.259 e. The molecule has 8 heteroatoms. The van der Waals surface area contributed by atoms with Crippen molar-refractivity contribution in [3.8, 4) is 22.8 Å². The van der Waals surface area contributed by atoms with Crippen molar-refractivity contribution in [1.29, 1.82) is 0 Å². The van der Waals surface area contributed by atoms with Crippen molar-refractivity contribution >= 4 is 35.0 Å². The van der Waals surface area contributed by atoms with Gasteiger partial charge in [0.2, 0.25) is 11.7 Å². The molecule has 0 spiro atoms. The van der Waals surface area contributed by atoms with E-state index in [2.05, 4.69) is 15.5 Å². The molecule has 2 heterocycles. The van der Waals surface area contributed by atoms with Crippen LogP contribution in [0.3, 0.4) is 0 Å². The van der Waals surface area contributed by atoms with Crippen molar-refractivity contribution in [3.63, 3.8) is 0 Å². The monoisotopic (exact) mass is 442 g/mol. The first-order chi connectivity index (χ1) is 15.5. The molecule has 3 aromatic carbocycles. The second-order valence-corrected chi connectivity index (χ2v) is 8.41. The van der Waals surface area contributed by atoms with Crippen molar-refractivity contribution in [2.45, 2.75) is 16.7 Å². The van der Waals surface area contributed by atoms with Gasteiger partial charge in [0.05, 0.1) is 11.3 Å². The van der Waals surface area contributed by atoms with E-state index in [0.717, 1.165) is 26.6 Å². The number of amides is 2. The van der Waals surface area contributed by atoms with Crippen LogP contribution in [0.15, 0.2) is 81.0 Å². The maximum absolute atomic E-state index is 12.8. The lowest BCUT2D eigenvalue weighted by atomic mass is 10.1. The second-order valence-electron chi connectivity index (χ2n) is 7.33. The molecular formula is C24H18N4O3S. The molecule has 1 aliphatic heterocycles. The number of fused-ring (bicyclic) bond motifs is 2. The van der Waals surface area contributed by atoms with Gasteiger partial charge in [-0.05, 0) is 54.6 Å². The molecule has 0 unspecified atom stereocenters. The molecular weight excluding hydrogens is 424 g/mol. The number of carbonyl (C=O) groups excluding carboxylic acids is 2. The third kappa shape index (κ3) is 3.65. The van der Waals surface area contributed by atoms with Crippen molar-refractivity contribution in [2.24, 2.45) is 0 Å². The van der Waals surface area contributed by atoms with Crippen LogP contribution in [0.25, 0.3) is 22.8 Å². The fraction of sp³-hybridized carbons (Fsp3) is 0.0833. The minimum absolute atomic E-state index is 0.0378. The Balaban J connectivity index is 1.47. The SMILES string of the molecule is CC(=O)Nc1ccc(-c2nc(-c3ccc4c(c3)Sc3ccccc3C(=O)N4C)no2)cc1. The van der Waals surface area contributed by atoms with Crippen LogP contribution in [0.5, 0.6) is 0 Å². The highest BCUT2D eigenvalue weighted by Gasteiger charge is 2.25. The van der Waals surface area contributed by atoms with Crippen molar-refractivity contribution in [1.82, 2.24) is 10.1 Å². The fourth-order valence-electron chi connectivity index (χ4n) is 3.51. The van der Waals surface area contributed by atoms with Gasteiger partial charge in [0.1, 0.15) is 0 Å². The number of benzene rings is 3. The van der Waals surface area contributed by atoms with Crippen LogP contribution in [0.1, 0.15) is 17.3 Å². The van der Waals surface area contributed by atoms with E-state index in [1.54, 1.807) is 35.8 Å². The van der Waals surface area contributed by atoms with Crippen LogP contribution in [-0.2, 0) is 4.79 Å². The Labute approximate surface area is 188 Å². The molecule has 0 saturated heterocycles. The molecule has 0 saturated carbocycles. The van der Waals surface area contributed by atoms with E-state index in [9.17, 15) is 9.59 Å². The molecule has 1 aromatic heterocycles. The third-order valence-corrected chi connectivity index (χ3v) is 6.22. The maximum Gasteiger partial charge on any atom is 0.259 e. The summed E-state index contributed by atoms with van der Waals surface area (Å²) in [5, 5.41) is 6.87. The number of hydrogen-bond acceptors (Lipinski definition) is 6. The van der Waals surface area contributed by atoms with Gasteiger partial charge in [-0.15, -0.1) is 0 Å².